The SMILES string of the molecule is COc1ccc(C2CNc3ccc(Cl)cc32)cc1OC1CCC(Cc2cnc3c(SO)cccc3c2)C1. The Morgan fingerprint density at radius 2 is 2.00 bits per heavy atom. The number of para-hydroxylation sites is 1. The Labute approximate surface area is 226 Å². The van der Waals surface area contributed by atoms with Crippen LogP contribution in [0.4, 0.5) is 5.69 Å². The van der Waals surface area contributed by atoms with E-state index < -0.39 is 0 Å². The molecule has 7 heteroatoms. The van der Waals surface area contributed by atoms with Gasteiger partial charge in [0.15, 0.2) is 11.5 Å². The van der Waals surface area contributed by atoms with Crippen LogP contribution < -0.4 is 14.8 Å². The van der Waals surface area contributed by atoms with E-state index >= 15 is 0 Å². The number of methoxy groups -OCH3 is 1. The fourth-order valence-corrected chi connectivity index (χ4v) is 6.38. The molecule has 0 radical (unpaired) electrons. The van der Waals surface area contributed by atoms with Crippen LogP contribution in [-0.4, -0.2) is 29.3 Å². The van der Waals surface area contributed by atoms with Gasteiger partial charge in [0.2, 0.25) is 0 Å². The highest BCUT2D eigenvalue weighted by atomic mass is 35.5. The fraction of sp³-hybridized carbons (Fsp3) is 0.300. The smallest absolute Gasteiger partial charge is 0.161 e. The molecule has 1 aliphatic carbocycles. The molecule has 2 aliphatic rings. The summed E-state index contributed by atoms with van der Waals surface area (Å²) in [6.07, 6.45) is 6.22. The maximum atomic E-state index is 9.50. The summed E-state index contributed by atoms with van der Waals surface area (Å²) in [5.41, 5.74) is 5.63. The molecular formula is C30H29ClN2O3S. The number of nitrogens with zero attached hydrogens (tertiary/aromatic N) is 1. The molecular weight excluding hydrogens is 504 g/mol. The number of fused-ring (bicyclic) bond motifs is 2. The molecule has 6 rings (SSSR count). The van der Waals surface area contributed by atoms with Crippen molar-refractivity contribution in [2.24, 2.45) is 5.92 Å². The molecule has 3 atom stereocenters. The Bertz CT molecular complexity index is 1450. The van der Waals surface area contributed by atoms with Gasteiger partial charge in [-0.3, -0.25) is 4.98 Å². The number of pyridine rings is 1. The number of ether oxygens (including phenoxy) is 2. The number of rotatable bonds is 7. The van der Waals surface area contributed by atoms with Crippen LogP contribution in [0.15, 0.2) is 71.8 Å². The van der Waals surface area contributed by atoms with Gasteiger partial charge in [-0.2, -0.15) is 0 Å². The van der Waals surface area contributed by atoms with Gasteiger partial charge in [0.05, 0.1) is 23.6 Å². The number of anilines is 1. The fourth-order valence-electron chi connectivity index (χ4n) is 5.80. The van der Waals surface area contributed by atoms with Crippen LogP contribution in [0.3, 0.4) is 0 Å². The first-order chi connectivity index (χ1) is 18.1. The topological polar surface area (TPSA) is 63.6 Å². The Balaban J connectivity index is 1.16. The minimum absolute atomic E-state index is 0.156. The second-order valence-electron chi connectivity index (χ2n) is 9.96. The number of nitrogens with one attached hydrogen (secondary N) is 1. The van der Waals surface area contributed by atoms with E-state index in [1.165, 1.54) is 16.7 Å². The van der Waals surface area contributed by atoms with E-state index in [1.54, 1.807) is 7.11 Å². The highest BCUT2D eigenvalue weighted by Gasteiger charge is 2.29. The predicted molar refractivity (Wildman–Crippen MR) is 150 cm³/mol. The standard InChI is InChI=1S/C30H29ClN2O3S/c1-35-27-10-6-20(25-17-32-26-9-7-22(31)15-24(25)26)14-28(27)36-23-8-5-18(13-23)11-19-12-21-3-2-4-29(37-34)30(21)33-16-19/h2-4,6-7,9-10,12,14-16,18,23,25,32,34H,5,8,11,13,17H2,1H3. The molecule has 3 unspecified atom stereocenters. The van der Waals surface area contributed by atoms with Crippen molar-refractivity contribution in [3.8, 4) is 11.5 Å². The normalized spacial score (nSPS) is 20.6. The molecule has 5 nitrogen and oxygen atoms in total. The molecule has 4 aromatic rings. The van der Waals surface area contributed by atoms with Crippen LogP contribution in [0.25, 0.3) is 10.9 Å². The summed E-state index contributed by atoms with van der Waals surface area (Å²) in [4.78, 5) is 5.42. The van der Waals surface area contributed by atoms with E-state index in [9.17, 15) is 4.55 Å². The molecule has 1 saturated carbocycles. The average Bonchev–Trinajstić information content (AvgIpc) is 3.54. The van der Waals surface area contributed by atoms with Crippen molar-refractivity contribution >= 4 is 40.2 Å². The van der Waals surface area contributed by atoms with Crippen LogP contribution in [0.2, 0.25) is 5.02 Å². The van der Waals surface area contributed by atoms with Gasteiger partial charge in [-0.15, -0.1) is 0 Å². The highest BCUT2D eigenvalue weighted by Crippen LogP contribution is 2.42. The summed E-state index contributed by atoms with van der Waals surface area (Å²) < 4.78 is 21.7. The lowest BCUT2D eigenvalue weighted by molar-refractivity contribution is 0.195. The number of aromatic nitrogens is 1. The molecule has 0 saturated heterocycles. The molecule has 3 aromatic carbocycles. The van der Waals surface area contributed by atoms with E-state index in [1.807, 2.05) is 36.5 Å². The van der Waals surface area contributed by atoms with Crippen molar-refractivity contribution in [1.82, 2.24) is 4.98 Å². The second-order valence-corrected chi connectivity index (χ2v) is 11.0. The number of hydrogen-bond donors (Lipinski definition) is 2. The van der Waals surface area contributed by atoms with Gasteiger partial charge >= 0.3 is 0 Å². The van der Waals surface area contributed by atoms with E-state index in [2.05, 4.69) is 40.6 Å². The van der Waals surface area contributed by atoms with Crippen molar-refractivity contribution in [3.05, 3.63) is 88.6 Å². The first kappa shape index (κ1) is 24.4. The van der Waals surface area contributed by atoms with Gasteiger partial charge in [0, 0.05) is 46.8 Å². The van der Waals surface area contributed by atoms with E-state index in [-0.39, 0.29) is 12.0 Å². The Kier molecular flexibility index (Phi) is 6.89. The maximum absolute atomic E-state index is 9.50. The van der Waals surface area contributed by atoms with Crippen molar-refractivity contribution in [1.29, 1.82) is 0 Å². The average molecular weight is 533 g/mol. The molecule has 1 aromatic heterocycles. The van der Waals surface area contributed by atoms with Gasteiger partial charge in [-0.25, -0.2) is 0 Å². The van der Waals surface area contributed by atoms with Crippen molar-refractivity contribution in [2.75, 3.05) is 19.0 Å². The van der Waals surface area contributed by atoms with Crippen LogP contribution in [0.1, 0.15) is 41.9 Å². The lowest BCUT2D eigenvalue weighted by Crippen LogP contribution is -2.14. The van der Waals surface area contributed by atoms with Crippen molar-refractivity contribution in [3.63, 3.8) is 0 Å². The number of hydrogen-bond acceptors (Lipinski definition) is 6. The minimum Gasteiger partial charge on any atom is -0.493 e. The lowest BCUT2D eigenvalue weighted by atomic mass is 9.93. The third-order valence-corrected chi connectivity index (χ3v) is 8.38. The monoisotopic (exact) mass is 532 g/mol. The van der Waals surface area contributed by atoms with Gasteiger partial charge in [0.1, 0.15) is 0 Å². The molecule has 37 heavy (non-hydrogen) atoms. The molecule has 0 spiro atoms. The Morgan fingerprint density at radius 3 is 2.86 bits per heavy atom. The summed E-state index contributed by atoms with van der Waals surface area (Å²) in [6, 6.07) is 20.4. The summed E-state index contributed by atoms with van der Waals surface area (Å²) in [5.74, 6) is 2.34. The largest absolute Gasteiger partial charge is 0.493 e. The molecule has 2 heterocycles. The molecule has 0 amide bonds. The van der Waals surface area contributed by atoms with Crippen LogP contribution in [0, 0.1) is 5.92 Å². The second kappa shape index (κ2) is 10.4. The van der Waals surface area contributed by atoms with Crippen LogP contribution >= 0.6 is 23.6 Å². The van der Waals surface area contributed by atoms with Gasteiger partial charge in [-0.1, -0.05) is 29.8 Å². The minimum atomic E-state index is 0.156. The Hall–Kier alpha value is -2.93. The summed E-state index contributed by atoms with van der Waals surface area (Å²) in [7, 11) is 1.69. The first-order valence-corrected chi connectivity index (χ1v) is 13.8. The van der Waals surface area contributed by atoms with Gasteiger partial charge in [-0.05, 0) is 90.8 Å². The molecule has 190 valence electrons. The third kappa shape index (κ3) is 4.98. The zero-order valence-corrected chi connectivity index (χ0v) is 22.2. The summed E-state index contributed by atoms with van der Waals surface area (Å²) >= 11 is 7.04. The van der Waals surface area contributed by atoms with Gasteiger partial charge < -0.3 is 19.3 Å². The molecule has 0 bridgehead atoms. The van der Waals surface area contributed by atoms with Crippen LogP contribution in [0.5, 0.6) is 11.5 Å². The first-order valence-electron chi connectivity index (χ1n) is 12.7. The maximum Gasteiger partial charge on any atom is 0.161 e. The van der Waals surface area contributed by atoms with E-state index in [0.29, 0.717) is 5.92 Å². The highest BCUT2D eigenvalue weighted by molar-refractivity contribution is 7.94. The van der Waals surface area contributed by atoms with Gasteiger partial charge in [0.25, 0.3) is 0 Å². The number of benzene rings is 3. The van der Waals surface area contributed by atoms with Crippen molar-refractivity contribution < 1.29 is 14.0 Å². The summed E-state index contributed by atoms with van der Waals surface area (Å²) in [6.45, 7) is 0.839. The lowest BCUT2D eigenvalue weighted by Gasteiger charge is -2.19. The zero-order valence-electron chi connectivity index (χ0n) is 20.6. The number of halogens is 1. The van der Waals surface area contributed by atoms with Crippen molar-refractivity contribution in [2.45, 2.75) is 42.6 Å². The molecule has 1 aliphatic heterocycles. The van der Waals surface area contributed by atoms with E-state index in [4.69, 9.17) is 21.1 Å². The zero-order chi connectivity index (χ0) is 25.4. The predicted octanol–water partition coefficient (Wildman–Crippen LogP) is 7.81. The molecule has 2 N–H and O–H groups in total. The quantitative estimate of drug-likeness (QED) is 0.237. The van der Waals surface area contributed by atoms with Crippen LogP contribution in [-0.2, 0) is 6.42 Å². The summed E-state index contributed by atoms with van der Waals surface area (Å²) in [5, 5.41) is 5.31. The third-order valence-electron chi connectivity index (χ3n) is 7.62. The molecule has 1 fully saturated rings. The van der Waals surface area contributed by atoms with E-state index in [0.717, 1.165) is 82.3 Å². The Morgan fingerprint density at radius 1 is 1.08 bits per heavy atom.